The summed E-state index contributed by atoms with van der Waals surface area (Å²) >= 11 is 0. The summed E-state index contributed by atoms with van der Waals surface area (Å²) in [7, 11) is 0. The highest BCUT2D eigenvalue weighted by molar-refractivity contribution is 5.81. The first-order valence-electron chi connectivity index (χ1n) is 9.64. The van der Waals surface area contributed by atoms with Gasteiger partial charge in [-0.15, -0.1) is 0 Å². The summed E-state index contributed by atoms with van der Waals surface area (Å²) in [5.74, 6) is 0.558. The van der Waals surface area contributed by atoms with Crippen LogP contribution in [-0.4, -0.2) is 47.9 Å². The van der Waals surface area contributed by atoms with Crippen molar-refractivity contribution >= 4 is 11.9 Å². The molecule has 2 aliphatic carbocycles. The van der Waals surface area contributed by atoms with Gasteiger partial charge in [0.2, 0.25) is 5.91 Å². The van der Waals surface area contributed by atoms with E-state index < -0.39 is 0 Å². The predicted octanol–water partition coefficient (Wildman–Crippen LogP) is 2.72. The van der Waals surface area contributed by atoms with Crippen LogP contribution in [0.3, 0.4) is 0 Å². The zero-order valence-corrected chi connectivity index (χ0v) is 14.7. The van der Waals surface area contributed by atoms with Crippen molar-refractivity contribution in [3.8, 4) is 0 Å². The van der Waals surface area contributed by atoms with E-state index in [1.807, 2.05) is 9.80 Å². The first kappa shape index (κ1) is 16.4. The van der Waals surface area contributed by atoms with E-state index in [0.29, 0.717) is 19.0 Å². The second-order valence-electron chi connectivity index (χ2n) is 7.53. The maximum absolute atomic E-state index is 12.8. The first-order valence-corrected chi connectivity index (χ1v) is 9.64. The summed E-state index contributed by atoms with van der Waals surface area (Å²) in [6.07, 6.45) is 6.17. The predicted molar refractivity (Wildman–Crippen MR) is 96.1 cm³/mol. The van der Waals surface area contributed by atoms with E-state index in [9.17, 15) is 9.59 Å². The number of rotatable bonds is 2. The Morgan fingerprint density at radius 2 is 1.68 bits per heavy atom. The van der Waals surface area contributed by atoms with Crippen molar-refractivity contribution < 1.29 is 9.59 Å². The molecule has 1 saturated carbocycles. The van der Waals surface area contributed by atoms with E-state index in [-0.39, 0.29) is 18.0 Å². The van der Waals surface area contributed by atoms with Gasteiger partial charge in [-0.2, -0.15) is 0 Å². The Balaban J connectivity index is 1.36. The maximum atomic E-state index is 12.8. The number of hydrogen-bond donors (Lipinski definition) is 1. The van der Waals surface area contributed by atoms with Crippen LogP contribution in [0.15, 0.2) is 24.3 Å². The Bertz CT molecular complexity index is 656. The number of benzene rings is 1. The number of hydrogen-bond acceptors (Lipinski definition) is 2. The van der Waals surface area contributed by atoms with Crippen molar-refractivity contribution in [2.24, 2.45) is 5.92 Å². The van der Waals surface area contributed by atoms with Gasteiger partial charge in [0.25, 0.3) is 0 Å². The Morgan fingerprint density at radius 1 is 0.920 bits per heavy atom. The Labute approximate surface area is 149 Å². The van der Waals surface area contributed by atoms with E-state index in [2.05, 4.69) is 29.6 Å². The van der Waals surface area contributed by atoms with Crippen molar-refractivity contribution in [2.75, 3.05) is 26.2 Å². The third kappa shape index (κ3) is 3.65. The molecule has 1 aliphatic heterocycles. The molecule has 0 spiro atoms. The second-order valence-corrected chi connectivity index (χ2v) is 7.53. The zero-order valence-electron chi connectivity index (χ0n) is 14.7. The normalized spacial score (nSPS) is 23.6. The lowest BCUT2D eigenvalue weighted by molar-refractivity contribution is -0.132. The van der Waals surface area contributed by atoms with Gasteiger partial charge < -0.3 is 15.1 Å². The average molecular weight is 341 g/mol. The van der Waals surface area contributed by atoms with Crippen LogP contribution in [0.2, 0.25) is 0 Å². The van der Waals surface area contributed by atoms with Crippen LogP contribution < -0.4 is 5.32 Å². The third-order valence-corrected chi connectivity index (χ3v) is 5.69. The summed E-state index contributed by atoms with van der Waals surface area (Å²) in [6, 6.07) is 8.56. The summed E-state index contributed by atoms with van der Waals surface area (Å²) < 4.78 is 0. The van der Waals surface area contributed by atoms with Gasteiger partial charge in [-0.1, -0.05) is 24.3 Å². The van der Waals surface area contributed by atoms with E-state index in [4.69, 9.17) is 0 Å². The molecule has 134 valence electrons. The molecule has 1 aromatic carbocycles. The highest BCUT2D eigenvalue weighted by atomic mass is 16.2. The molecular weight excluding hydrogens is 314 g/mol. The van der Waals surface area contributed by atoms with Crippen LogP contribution in [0.1, 0.15) is 49.3 Å². The molecule has 2 fully saturated rings. The van der Waals surface area contributed by atoms with Crippen LogP contribution in [0.5, 0.6) is 0 Å². The fraction of sp³-hybridized carbons (Fsp3) is 0.600. The molecular formula is C20H27N3O2. The molecule has 5 nitrogen and oxygen atoms in total. The molecule has 25 heavy (non-hydrogen) atoms. The number of nitrogens with zero attached hydrogens (tertiary/aromatic N) is 2. The molecule has 0 bridgehead atoms. The van der Waals surface area contributed by atoms with Crippen LogP contribution in [0, 0.1) is 5.92 Å². The fourth-order valence-corrected chi connectivity index (χ4v) is 4.07. The van der Waals surface area contributed by atoms with Gasteiger partial charge in [0.05, 0.1) is 6.04 Å². The molecule has 1 unspecified atom stereocenters. The SMILES string of the molecule is O=C(NC1CCCc2ccccc21)N1CCCN(C(=O)C2CC2)CC1. The van der Waals surface area contributed by atoms with Gasteiger partial charge >= 0.3 is 6.03 Å². The molecule has 4 rings (SSSR count). The van der Waals surface area contributed by atoms with E-state index in [1.165, 1.54) is 11.1 Å². The molecule has 3 aliphatic rings. The summed E-state index contributed by atoms with van der Waals surface area (Å²) in [6.45, 7) is 2.82. The van der Waals surface area contributed by atoms with Gasteiger partial charge in [-0.3, -0.25) is 4.79 Å². The van der Waals surface area contributed by atoms with Crippen molar-refractivity contribution in [1.29, 1.82) is 0 Å². The number of urea groups is 1. The Hall–Kier alpha value is -2.04. The molecule has 1 atom stereocenters. The zero-order chi connectivity index (χ0) is 17.2. The van der Waals surface area contributed by atoms with Crippen molar-refractivity contribution in [2.45, 2.75) is 44.6 Å². The minimum atomic E-state index is 0.0161. The van der Waals surface area contributed by atoms with Gasteiger partial charge in [0.1, 0.15) is 0 Å². The second kappa shape index (κ2) is 7.06. The number of carbonyl (C=O) groups is 2. The smallest absolute Gasteiger partial charge is 0.317 e. The van der Waals surface area contributed by atoms with Gasteiger partial charge in [0.15, 0.2) is 0 Å². The molecule has 3 amide bonds. The number of aryl methyl sites for hydroxylation is 1. The fourth-order valence-electron chi connectivity index (χ4n) is 4.07. The molecule has 0 aromatic heterocycles. The molecule has 5 heteroatoms. The topological polar surface area (TPSA) is 52.7 Å². The largest absolute Gasteiger partial charge is 0.341 e. The summed E-state index contributed by atoms with van der Waals surface area (Å²) in [5.41, 5.74) is 2.62. The van der Waals surface area contributed by atoms with E-state index >= 15 is 0 Å². The van der Waals surface area contributed by atoms with Gasteiger partial charge in [0, 0.05) is 32.1 Å². The number of fused-ring (bicyclic) bond motifs is 1. The quantitative estimate of drug-likeness (QED) is 0.899. The third-order valence-electron chi connectivity index (χ3n) is 5.69. The standard InChI is InChI=1S/C20H27N3O2/c24-19(16-9-10-16)22-11-4-12-23(14-13-22)20(25)21-18-8-3-6-15-5-1-2-7-17(15)18/h1-2,5,7,16,18H,3-4,6,8-14H2,(H,21,25). The maximum Gasteiger partial charge on any atom is 0.317 e. The molecule has 1 heterocycles. The van der Waals surface area contributed by atoms with Crippen molar-refractivity contribution in [1.82, 2.24) is 15.1 Å². The molecule has 1 saturated heterocycles. The summed E-state index contributed by atoms with van der Waals surface area (Å²) in [5, 5.41) is 3.24. The van der Waals surface area contributed by atoms with E-state index in [0.717, 1.165) is 51.6 Å². The first-order chi connectivity index (χ1) is 12.2. The number of carbonyl (C=O) groups excluding carboxylic acids is 2. The minimum absolute atomic E-state index is 0.0161. The monoisotopic (exact) mass is 341 g/mol. The van der Waals surface area contributed by atoms with Gasteiger partial charge in [-0.25, -0.2) is 4.79 Å². The Morgan fingerprint density at radius 3 is 2.52 bits per heavy atom. The lowest BCUT2D eigenvalue weighted by Gasteiger charge is -2.29. The van der Waals surface area contributed by atoms with Crippen LogP contribution in [0.25, 0.3) is 0 Å². The van der Waals surface area contributed by atoms with Crippen LogP contribution >= 0.6 is 0 Å². The number of amides is 3. The average Bonchev–Trinajstić information content (AvgIpc) is 3.48. The van der Waals surface area contributed by atoms with E-state index in [1.54, 1.807) is 0 Å². The lowest BCUT2D eigenvalue weighted by atomic mass is 9.88. The molecule has 1 aromatic rings. The summed E-state index contributed by atoms with van der Waals surface area (Å²) in [4.78, 5) is 28.9. The minimum Gasteiger partial charge on any atom is -0.341 e. The highest BCUT2D eigenvalue weighted by Gasteiger charge is 2.34. The Kier molecular flexibility index (Phi) is 4.64. The van der Waals surface area contributed by atoms with Crippen LogP contribution in [-0.2, 0) is 11.2 Å². The van der Waals surface area contributed by atoms with Crippen LogP contribution in [0.4, 0.5) is 4.79 Å². The highest BCUT2D eigenvalue weighted by Crippen LogP contribution is 2.31. The van der Waals surface area contributed by atoms with Crippen molar-refractivity contribution in [3.05, 3.63) is 35.4 Å². The lowest BCUT2D eigenvalue weighted by Crippen LogP contribution is -2.44. The van der Waals surface area contributed by atoms with Crippen molar-refractivity contribution in [3.63, 3.8) is 0 Å². The molecule has 1 N–H and O–H groups in total. The number of nitrogens with one attached hydrogen (secondary N) is 1. The molecule has 0 radical (unpaired) electrons. The van der Waals surface area contributed by atoms with Gasteiger partial charge in [-0.05, 0) is 49.7 Å².